The fourth-order valence-corrected chi connectivity index (χ4v) is 2.60. The van der Waals surface area contributed by atoms with E-state index < -0.39 is 0 Å². The Morgan fingerprint density at radius 3 is 2.47 bits per heavy atom. The lowest BCUT2D eigenvalue weighted by atomic mass is 9.99. The molecule has 0 N–H and O–H groups in total. The number of hydrogen-bond donors (Lipinski definition) is 0. The molecule has 0 bridgehead atoms. The van der Waals surface area contributed by atoms with Crippen molar-refractivity contribution in [3.05, 3.63) is 0 Å². The van der Waals surface area contributed by atoms with Crippen molar-refractivity contribution in [2.75, 3.05) is 40.4 Å². The van der Waals surface area contributed by atoms with Gasteiger partial charge in [0.2, 0.25) is 0 Å². The molecule has 1 atom stereocenters. The first-order chi connectivity index (χ1) is 6.99. The molecular formula is C12H24N2O. The average molecular weight is 212 g/mol. The smallest absolute Gasteiger partial charge is 0.0528 e. The van der Waals surface area contributed by atoms with Gasteiger partial charge in [0.05, 0.1) is 13.2 Å². The lowest BCUT2D eigenvalue weighted by Gasteiger charge is -2.33. The Kier molecular flexibility index (Phi) is 3.06. The Bertz CT molecular complexity index is 226. The van der Waals surface area contributed by atoms with Crippen molar-refractivity contribution >= 4 is 0 Å². The molecule has 88 valence electrons. The van der Waals surface area contributed by atoms with Crippen LogP contribution in [-0.4, -0.2) is 61.8 Å². The first-order valence-electron chi connectivity index (χ1n) is 5.98. The molecule has 2 heterocycles. The van der Waals surface area contributed by atoms with E-state index in [0.717, 1.165) is 25.2 Å². The molecular weight excluding hydrogens is 188 g/mol. The van der Waals surface area contributed by atoms with E-state index in [2.05, 4.69) is 37.7 Å². The van der Waals surface area contributed by atoms with E-state index in [4.69, 9.17) is 4.74 Å². The molecule has 2 aliphatic rings. The van der Waals surface area contributed by atoms with E-state index in [0.29, 0.717) is 5.54 Å². The molecule has 0 saturated carbocycles. The molecule has 0 amide bonds. The van der Waals surface area contributed by atoms with E-state index in [1.165, 1.54) is 19.5 Å². The molecule has 3 nitrogen and oxygen atoms in total. The Balaban J connectivity index is 1.83. The van der Waals surface area contributed by atoms with Gasteiger partial charge in [-0.3, -0.25) is 4.90 Å². The van der Waals surface area contributed by atoms with Gasteiger partial charge in [0.15, 0.2) is 0 Å². The van der Waals surface area contributed by atoms with Gasteiger partial charge >= 0.3 is 0 Å². The topological polar surface area (TPSA) is 15.7 Å². The molecule has 0 aromatic heterocycles. The van der Waals surface area contributed by atoms with Crippen molar-refractivity contribution in [1.29, 1.82) is 0 Å². The summed E-state index contributed by atoms with van der Waals surface area (Å²) in [6.07, 6.45) is 1.29. The van der Waals surface area contributed by atoms with Gasteiger partial charge in [-0.1, -0.05) is 0 Å². The third-order valence-electron chi connectivity index (χ3n) is 4.13. The van der Waals surface area contributed by atoms with Crippen molar-refractivity contribution in [1.82, 2.24) is 9.80 Å². The number of likely N-dealkylation sites (tertiary alicyclic amines) is 1. The molecule has 2 aliphatic heterocycles. The second-order valence-electron chi connectivity index (χ2n) is 5.89. The van der Waals surface area contributed by atoms with E-state index >= 15 is 0 Å². The Morgan fingerprint density at radius 1 is 1.40 bits per heavy atom. The number of hydrogen-bond acceptors (Lipinski definition) is 3. The molecule has 1 unspecified atom stereocenters. The van der Waals surface area contributed by atoms with Crippen LogP contribution in [0.5, 0.6) is 0 Å². The third-order valence-corrected chi connectivity index (χ3v) is 4.13. The Labute approximate surface area is 93.4 Å². The Morgan fingerprint density at radius 2 is 2.07 bits per heavy atom. The third kappa shape index (κ3) is 2.35. The van der Waals surface area contributed by atoms with Gasteiger partial charge in [-0.2, -0.15) is 0 Å². The van der Waals surface area contributed by atoms with Gasteiger partial charge < -0.3 is 9.64 Å². The van der Waals surface area contributed by atoms with Crippen LogP contribution in [0.15, 0.2) is 0 Å². The van der Waals surface area contributed by atoms with Gasteiger partial charge in [-0.15, -0.1) is 0 Å². The van der Waals surface area contributed by atoms with Crippen molar-refractivity contribution < 1.29 is 4.74 Å². The zero-order chi connectivity index (χ0) is 11.1. The summed E-state index contributed by atoms with van der Waals surface area (Å²) in [6, 6.07) is 0.727. The molecule has 0 spiro atoms. The van der Waals surface area contributed by atoms with Crippen LogP contribution < -0.4 is 0 Å². The minimum Gasteiger partial charge on any atom is -0.381 e. The zero-order valence-corrected chi connectivity index (χ0v) is 10.5. The maximum Gasteiger partial charge on any atom is 0.0528 e. The summed E-state index contributed by atoms with van der Waals surface area (Å²) in [6.45, 7) is 9.03. The van der Waals surface area contributed by atoms with Gasteiger partial charge in [0.25, 0.3) is 0 Å². The molecule has 0 aliphatic carbocycles. The van der Waals surface area contributed by atoms with Gasteiger partial charge in [0.1, 0.15) is 0 Å². The molecule has 2 saturated heterocycles. The fourth-order valence-electron chi connectivity index (χ4n) is 2.60. The summed E-state index contributed by atoms with van der Waals surface area (Å²) in [5, 5.41) is 0. The van der Waals surface area contributed by atoms with E-state index in [1.54, 1.807) is 0 Å². The van der Waals surface area contributed by atoms with Crippen LogP contribution >= 0.6 is 0 Å². The predicted molar refractivity (Wildman–Crippen MR) is 62.1 cm³/mol. The van der Waals surface area contributed by atoms with Crippen molar-refractivity contribution in [3.63, 3.8) is 0 Å². The maximum absolute atomic E-state index is 5.22. The molecule has 0 aromatic carbocycles. The quantitative estimate of drug-likeness (QED) is 0.695. The van der Waals surface area contributed by atoms with E-state index in [-0.39, 0.29) is 0 Å². The first-order valence-corrected chi connectivity index (χ1v) is 5.98. The van der Waals surface area contributed by atoms with Crippen LogP contribution in [0, 0.1) is 5.92 Å². The minimum absolute atomic E-state index is 0.370. The number of likely N-dealkylation sites (N-methyl/N-ethyl adjacent to an activating group) is 2. The van der Waals surface area contributed by atoms with Crippen molar-refractivity contribution in [2.24, 2.45) is 5.92 Å². The largest absolute Gasteiger partial charge is 0.381 e. The van der Waals surface area contributed by atoms with Gasteiger partial charge in [-0.25, -0.2) is 0 Å². The zero-order valence-electron chi connectivity index (χ0n) is 10.5. The summed E-state index contributed by atoms with van der Waals surface area (Å²) in [5.74, 6) is 0.781. The second kappa shape index (κ2) is 4.04. The van der Waals surface area contributed by atoms with Crippen LogP contribution in [0.2, 0.25) is 0 Å². The van der Waals surface area contributed by atoms with Crippen LogP contribution in [0.25, 0.3) is 0 Å². The molecule has 15 heavy (non-hydrogen) atoms. The highest BCUT2D eigenvalue weighted by Gasteiger charge is 2.38. The van der Waals surface area contributed by atoms with Crippen molar-refractivity contribution in [3.8, 4) is 0 Å². The van der Waals surface area contributed by atoms with Crippen molar-refractivity contribution in [2.45, 2.75) is 31.8 Å². The predicted octanol–water partition coefficient (Wildman–Crippen LogP) is 1.05. The highest BCUT2D eigenvalue weighted by molar-refractivity contribution is 4.95. The van der Waals surface area contributed by atoms with Crippen LogP contribution in [0.1, 0.15) is 20.3 Å². The normalized spacial score (nSPS) is 32.2. The second-order valence-corrected chi connectivity index (χ2v) is 5.89. The fraction of sp³-hybridized carbons (Fsp3) is 1.00. The summed E-state index contributed by atoms with van der Waals surface area (Å²) in [5.41, 5.74) is 0.370. The lowest BCUT2D eigenvalue weighted by molar-refractivity contribution is -0.0475. The maximum atomic E-state index is 5.22. The number of rotatable bonds is 3. The summed E-state index contributed by atoms with van der Waals surface area (Å²) in [4.78, 5) is 5.00. The van der Waals surface area contributed by atoms with E-state index in [1.807, 2.05) is 0 Å². The van der Waals surface area contributed by atoms with E-state index in [9.17, 15) is 0 Å². The van der Waals surface area contributed by atoms with Gasteiger partial charge in [-0.05, 0) is 34.4 Å². The van der Waals surface area contributed by atoms with Crippen LogP contribution in [0.3, 0.4) is 0 Å². The summed E-state index contributed by atoms with van der Waals surface area (Å²) >= 11 is 0. The molecule has 0 radical (unpaired) electrons. The number of ether oxygens (including phenoxy) is 1. The summed E-state index contributed by atoms with van der Waals surface area (Å²) in [7, 11) is 4.50. The van der Waals surface area contributed by atoms with Crippen LogP contribution in [0.4, 0.5) is 0 Å². The van der Waals surface area contributed by atoms with Crippen LogP contribution in [-0.2, 0) is 4.74 Å². The standard InChI is InChI=1S/C12H24N2O/c1-12(2)5-11(7-14(12)4)13(3)6-10-8-15-9-10/h10-11H,5-9H2,1-4H3. The minimum atomic E-state index is 0.370. The molecule has 2 fully saturated rings. The SMILES string of the molecule is CN(CC1COC1)C1CN(C)C(C)(C)C1. The average Bonchev–Trinajstić information content (AvgIpc) is 2.34. The van der Waals surface area contributed by atoms with Gasteiger partial charge in [0, 0.05) is 30.6 Å². The first kappa shape index (κ1) is 11.4. The Hall–Kier alpha value is -0.120. The highest BCUT2D eigenvalue weighted by atomic mass is 16.5. The molecule has 0 aromatic rings. The lowest BCUT2D eigenvalue weighted by Crippen LogP contribution is -2.43. The molecule has 3 heteroatoms. The number of nitrogens with zero attached hydrogens (tertiary/aromatic N) is 2. The monoisotopic (exact) mass is 212 g/mol. The highest BCUT2D eigenvalue weighted by Crippen LogP contribution is 2.29. The molecule has 2 rings (SSSR count). The summed E-state index contributed by atoms with van der Waals surface area (Å²) < 4.78 is 5.22.